The summed E-state index contributed by atoms with van der Waals surface area (Å²) in [6.45, 7) is 4.22. The highest BCUT2D eigenvalue weighted by Gasteiger charge is 2.16. The van der Waals surface area contributed by atoms with Crippen LogP contribution in [0.25, 0.3) is 0 Å². The summed E-state index contributed by atoms with van der Waals surface area (Å²) in [5.41, 5.74) is 2.10. The van der Waals surface area contributed by atoms with Crippen molar-refractivity contribution >= 4 is 39.1 Å². The van der Waals surface area contributed by atoms with E-state index < -0.39 is 0 Å². The van der Waals surface area contributed by atoms with Crippen LogP contribution in [-0.4, -0.2) is 19.6 Å². The van der Waals surface area contributed by atoms with Crippen molar-refractivity contribution in [2.75, 3.05) is 19.0 Å². The first-order valence-corrected chi connectivity index (χ1v) is 8.21. The number of nitrogens with one attached hydrogen (secondary N) is 1. The van der Waals surface area contributed by atoms with E-state index in [1.807, 2.05) is 32.0 Å². The monoisotopic (exact) mass is 397 g/mol. The number of aryl methyl sites for hydroxylation is 1. The molecule has 0 aromatic heterocycles. The Hall–Kier alpha value is -1.72. The number of hydrogen-bond donors (Lipinski definition) is 1. The zero-order valence-corrected chi connectivity index (χ0v) is 15.4. The van der Waals surface area contributed by atoms with Gasteiger partial charge in [-0.3, -0.25) is 4.79 Å². The first-order chi connectivity index (χ1) is 11.0. The van der Waals surface area contributed by atoms with Gasteiger partial charge in [-0.2, -0.15) is 0 Å². The summed E-state index contributed by atoms with van der Waals surface area (Å²) < 4.78 is 11.7. The summed E-state index contributed by atoms with van der Waals surface area (Å²) in [4.78, 5) is 12.5. The Kier molecular flexibility index (Phi) is 5.91. The van der Waals surface area contributed by atoms with Crippen molar-refractivity contribution < 1.29 is 14.3 Å². The number of benzene rings is 2. The highest BCUT2D eigenvalue weighted by atomic mass is 79.9. The fourth-order valence-corrected chi connectivity index (χ4v) is 2.89. The molecule has 0 aliphatic rings. The molecule has 1 amide bonds. The molecule has 2 aromatic rings. The van der Waals surface area contributed by atoms with Crippen molar-refractivity contribution in [1.82, 2.24) is 0 Å². The van der Waals surface area contributed by atoms with Crippen LogP contribution in [0.15, 0.2) is 34.8 Å². The van der Waals surface area contributed by atoms with Gasteiger partial charge in [0.15, 0.2) is 11.5 Å². The Labute approximate surface area is 148 Å². The van der Waals surface area contributed by atoms with Gasteiger partial charge in [-0.1, -0.05) is 27.5 Å². The van der Waals surface area contributed by atoms with Gasteiger partial charge in [-0.25, -0.2) is 0 Å². The lowest BCUT2D eigenvalue weighted by Gasteiger charge is -2.14. The van der Waals surface area contributed by atoms with E-state index in [1.165, 1.54) is 7.11 Å². The second-order valence-corrected chi connectivity index (χ2v) is 6.16. The molecule has 0 saturated carbocycles. The van der Waals surface area contributed by atoms with Gasteiger partial charge >= 0.3 is 0 Å². The van der Waals surface area contributed by atoms with Gasteiger partial charge in [0.05, 0.1) is 18.7 Å². The zero-order valence-electron chi connectivity index (χ0n) is 13.1. The third kappa shape index (κ3) is 4.18. The number of methoxy groups -OCH3 is 1. The van der Waals surface area contributed by atoms with E-state index in [1.54, 1.807) is 12.1 Å². The average molecular weight is 399 g/mol. The summed E-state index contributed by atoms with van der Waals surface area (Å²) >= 11 is 9.58. The van der Waals surface area contributed by atoms with Crippen LogP contribution in [0.3, 0.4) is 0 Å². The quantitative estimate of drug-likeness (QED) is 0.765. The van der Waals surface area contributed by atoms with Gasteiger partial charge in [0, 0.05) is 15.7 Å². The van der Waals surface area contributed by atoms with Crippen molar-refractivity contribution in [2.45, 2.75) is 13.8 Å². The molecule has 23 heavy (non-hydrogen) atoms. The summed E-state index contributed by atoms with van der Waals surface area (Å²) in [5, 5.41) is 3.20. The first-order valence-electron chi connectivity index (χ1n) is 7.04. The van der Waals surface area contributed by atoms with Gasteiger partial charge < -0.3 is 14.8 Å². The summed E-state index contributed by atoms with van der Waals surface area (Å²) in [6, 6.07) is 8.83. The number of amides is 1. The van der Waals surface area contributed by atoms with E-state index in [9.17, 15) is 4.79 Å². The Bertz CT molecular complexity index is 734. The number of anilines is 1. The Morgan fingerprint density at radius 2 is 2.04 bits per heavy atom. The topological polar surface area (TPSA) is 47.6 Å². The normalized spacial score (nSPS) is 10.3. The van der Waals surface area contributed by atoms with Crippen LogP contribution < -0.4 is 14.8 Å². The van der Waals surface area contributed by atoms with Crippen molar-refractivity contribution in [2.24, 2.45) is 0 Å². The van der Waals surface area contributed by atoms with Gasteiger partial charge in [-0.05, 0) is 49.7 Å². The average Bonchev–Trinajstić information content (AvgIpc) is 2.50. The second-order valence-electron chi connectivity index (χ2n) is 4.84. The van der Waals surface area contributed by atoms with Gasteiger partial charge in [-0.15, -0.1) is 0 Å². The number of ether oxygens (including phenoxy) is 2. The number of carbonyl (C=O) groups excluding carboxylic acids is 1. The molecular weight excluding hydrogens is 382 g/mol. The Morgan fingerprint density at radius 1 is 1.30 bits per heavy atom. The van der Waals surface area contributed by atoms with E-state index in [0.29, 0.717) is 28.7 Å². The lowest BCUT2D eigenvalue weighted by molar-refractivity contribution is 0.102. The maximum absolute atomic E-state index is 12.5. The fraction of sp³-hybridized carbons (Fsp3) is 0.235. The molecule has 0 aliphatic carbocycles. The minimum Gasteiger partial charge on any atom is -0.491 e. The molecule has 4 nitrogen and oxygen atoms in total. The molecular formula is C17H17BrClNO3. The second kappa shape index (κ2) is 7.70. The molecule has 6 heteroatoms. The van der Waals surface area contributed by atoms with Crippen molar-refractivity contribution in [3.8, 4) is 11.5 Å². The third-order valence-electron chi connectivity index (χ3n) is 3.21. The third-order valence-corrected chi connectivity index (χ3v) is 3.99. The molecule has 0 aliphatic heterocycles. The number of halogens is 2. The van der Waals surface area contributed by atoms with Crippen molar-refractivity contribution in [3.63, 3.8) is 0 Å². The van der Waals surface area contributed by atoms with Crippen LogP contribution in [0.1, 0.15) is 22.8 Å². The van der Waals surface area contributed by atoms with E-state index >= 15 is 0 Å². The smallest absolute Gasteiger partial charge is 0.255 e. The molecule has 2 rings (SSSR count). The lowest BCUT2D eigenvalue weighted by atomic mass is 10.1. The molecule has 122 valence electrons. The summed E-state index contributed by atoms with van der Waals surface area (Å²) in [6.07, 6.45) is 0. The van der Waals surface area contributed by atoms with Crippen LogP contribution >= 0.6 is 27.5 Å². The minimum atomic E-state index is -0.263. The Morgan fingerprint density at radius 3 is 2.65 bits per heavy atom. The van der Waals surface area contributed by atoms with Crippen molar-refractivity contribution in [3.05, 3.63) is 51.0 Å². The molecule has 0 radical (unpaired) electrons. The van der Waals surface area contributed by atoms with E-state index in [2.05, 4.69) is 21.2 Å². The predicted octanol–water partition coefficient (Wildman–Crippen LogP) is 5.07. The summed E-state index contributed by atoms with van der Waals surface area (Å²) in [5.74, 6) is 0.603. The first kappa shape index (κ1) is 17.6. The van der Waals surface area contributed by atoms with Crippen LogP contribution in [0.2, 0.25) is 5.02 Å². The summed E-state index contributed by atoms with van der Waals surface area (Å²) in [7, 11) is 1.51. The molecule has 1 N–H and O–H groups in total. The maximum atomic E-state index is 12.5. The molecule has 0 saturated heterocycles. The van der Waals surface area contributed by atoms with E-state index in [4.69, 9.17) is 21.1 Å². The molecule has 0 fully saturated rings. The highest BCUT2D eigenvalue weighted by Crippen LogP contribution is 2.36. The Balaban J connectivity index is 2.32. The SMILES string of the molecule is CCOc1cc(C(=O)Nc2ccc(Br)cc2C)cc(Cl)c1OC. The zero-order chi connectivity index (χ0) is 17.0. The van der Waals surface area contributed by atoms with Crippen LogP contribution in [0, 0.1) is 6.92 Å². The molecule has 0 bridgehead atoms. The predicted molar refractivity (Wildman–Crippen MR) is 96.0 cm³/mol. The molecule has 2 aromatic carbocycles. The van der Waals surface area contributed by atoms with Crippen LogP contribution in [0.4, 0.5) is 5.69 Å². The standard InChI is InChI=1S/C17H17BrClNO3/c1-4-23-15-9-11(8-13(19)16(15)22-3)17(21)20-14-6-5-12(18)7-10(14)2/h5-9H,4H2,1-3H3,(H,20,21). The van der Waals surface area contributed by atoms with Gasteiger partial charge in [0.25, 0.3) is 5.91 Å². The maximum Gasteiger partial charge on any atom is 0.255 e. The fourth-order valence-electron chi connectivity index (χ4n) is 2.12. The number of carbonyl (C=O) groups is 1. The van der Waals surface area contributed by atoms with E-state index in [0.717, 1.165) is 15.7 Å². The largest absolute Gasteiger partial charge is 0.491 e. The van der Waals surface area contributed by atoms with E-state index in [-0.39, 0.29) is 5.91 Å². The highest BCUT2D eigenvalue weighted by molar-refractivity contribution is 9.10. The van der Waals surface area contributed by atoms with Gasteiger partial charge in [0.1, 0.15) is 0 Å². The van der Waals surface area contributed by atoms with Crippen LogP contribution in [-0.2, 0) is 0 Å². The molecule has 0 atom stereocenters. The number of hydrogen-bond acceptors (Lipinski definition) is 3. The molecule has 0 heterocycles. The number of rotatable bonds is 5. The van der Waals surface area contributed by atoms with Crippen molar-refractivity contribution in [1.29, 1.82) is 0 Å². The lowest BCUT2D eigenvalue weighted by Crippen LogP contribution is -2.13. The molecule has 0 spiro atoms. The van der Waals surface area contributed by atoms with Crippen LogP contribution in [0.5, 0.6) is 11.5 Å². The molecule has 0 unspecified atom stereocenters. The minimum absolute atomic E-state index is 0.263. The van der Waals surface area contributed by atoms with Gasteiger partial charge in [0.2, 0.25) is 0 Å².